The maximum atomic E-state index is 11.4. The smallest absolute Gasteiger partial charge is 0.208 e. The zero-order chi connectivity index (χ0) is 15.3. The molecule has 2 unspecified atom stereocenters. The molecule has 0 bridgehead atoms. The van der Waals surface area contributed by atoms with E-state index < -0.39 is 10.0 Å². The summed E-state index contributed by atoms with van der Waals surface area (Å²) in [6, 6.07) is 5.83. The van der Waals surface area contributed by atoms with Crippen LogP contribution in [0.4, 0.5) is 0 Å². The van der Waals surface area contributed by atoms with Gasteiger partial charge < -0.3 is 4.74 Å². The summed E-state index contributed by atoms with van der Waals surface area (Å²) in [5.74, 6) is 0.155. The highest BCUT2D eigenvalue weighted by Gasteiger charge is 2.31. The molecule has 1 aliphatic heterocycles. The monoisotopic (exact) mass is 313 g/mol. The van der Waals surface area contributed by atoms with E-state index in [9.17, 15) is 8.42 Å². The molecule has 1 aliphatic rings. The van der Waals surface area contributed by atoms with Crippen LogP contribution in [-0.2, 0) is 21.3 Å². The third-order valence-electron chi connectivity index (χ3n) is 3.68. The standard InChI is InChI=1S/C14H23N3O3S/c1-20-11-12-9-17(10-13-5-3-4-7-15-13)8-6-14(12)16-21(2,18)19/h3-5,7,12,14,16H,6,8-11H2,1-2H3. The van der Waals surface area contributed by atoms with E-state index in [1.165, 1.54) is 6.26 Å². The van der Waals surface area contributed by atoms with Crippen molar-refractivity contribution in [3.63, 3.8) is 0 Å². The Balaban J connectivity index is 1.97. The van der Waals surface area contributed by atoms with Crippen LogP contribution in [0, 0.1) is 5.92 Å². The van der Waals surface area contributed by atoms with Crippen LogP contribution in [-0.4, -0.2) is 57.4 Å². The number of methoxy groups -OCH3 is 1. The second-order valence-corrected chi connectivity index (χ2v) is 7.34. The van der Waals surface area contributed by atoms with Crippen molar-refractivity contribution in [3.8, 4) is 0 Å². The van der Waals surface area contributed by atoms with Crippen molar-refractivity contribution in [2.75, 3.05) is 33.1 Å². The minimum atomic E-state index is -3.19. The first-order chi connectivity index (χ1) is 9.98. The fourth-order valence-corrected chi connectivity index (χ4v) is 3.65. The highest BCUT2D eigenvalue weighted by Crippen LogP contribution is 2.20. The third kappa shape index (κ3) is 5.35. The summed E-state index contributed by atoms with van der Waals surface area (Å²) >= 11 is 0. The van der Waals surface area contributed by atoms with Crippen LogP contribution >= 0.6 is 0 Å². The molecule has 0 aliphatic carbocycles. The predicted octanol–water partition coefficient (Wildman–Crippen LogP) is 0.468. The highest BCUT2D eigenvalue weighted by atomic mass is 32.2. The molecule has 1 N–H and O–H groups in total. The number of rotatable bonds is 6. The molecule has 7 heteroatoms. The second kappa shape index (κ2) is 7.31. The van der Waals surface area contributed by atoms with Crippen molar-refractivity contribution in [1.82, 2.24) is 14.6 Å². The van der Waals surface area contributed by atoms with Gasteiger partial charge in [0.2, 0.25) is 10.0 Å². The molecule has 1 fully saturated rings. The van der Waals surface area contributed by atoms with Crippen molar-refractivity contribution in [2.45, 2.75) is 19.0 Å². The van der Waals surface area contributed by atoms with Crippen LogP contribution in [0.15, 0.2) is 24.4 Å². The fourth-order valence-electron chi connectivity index (χ4n) is 2.78. The first-order valence-corrected chi connectivity index (χ1v) is 8.95. The highest BCUT2D eigenvalue weighted by molar-refractivity contribution is 7.88. The van der Waals surface area contributed by atoms with Gasteiger partial charge in [-0.1, -0.05) is 6.07 Å². The maximum absolute atomic E-state index is 11.4. The topological polar surface area (TPSA) is 71.5 Å². The Bertz CT molecular complexity index is 536. The van der Waals surface area contributed by atoms with Gasteiger partial charge in [0, 0.05) is 44.9 Å². The number of pyridine rings is 1. The predicted molar refractivity (Wildman–Crippen MR) is 81.3 cm³/mol. The Morgan fingerprint density at radius 2 is 2.29 bits per heavy atom. The van der Waals surface area contributed by atoms with E-state index in [0.717, 1.165) is 31.7 Å². The van der Waals surface area contributed by atoms with Gasteiger partial charge in [0.05, 0.1) is 18.6 Å². The molecule has 1 aromatic rings. The third-order valence-corrected chi connectivity index (χ3v) is 4.41. The van der Waals surface area contributed by atoms with Gasteiger partial charge >= 0.3 is 0 Å². The molecule has 2 heterocycles. The summed E-state index contributed by atoms with van der Waals surface area (Å²) < 4.78 is 30.9. The molecule has 0 spiro atoms. The summed E-state index contributed by atoms with van der Waals surface area (Å²) in [5, 5.41) is 0. The number of nitrogens with one attached hydrogen (secondary N) is 1. The van der Waals surface area contributed by atoms with E-state index >= 15 is 0 Å². The normalized spacial score (nSPS) is 24.1. The van der Waals surface area contributed by atoms with Gasteiger partial charge in [-0.3, -0.25) is 9.88 Å². The molecule has 1 saturated heterocycles. The zero-order valence-corrected chi connectivity index (χ0v) is 13.3. The van der Waals surface area contributed by atoms with E-state index in [1.807, 2.05) is 18.2 Å². The number of likely N-dealkylation sites (tertiary alicyclic amines) is 1. The Hall–Kier alpha value is -1.02. The molecule has 1 aromatic heterocycles. The summed E-state index contributed by atoms with van der Waals surface area (Å²) in [6.45, 7) is 2.99. The first-order valence-electron chi connectivity index (χ1n) is 7.06. The van der Waals surface area contributed by atoms with Crippen LogP contribution in [0.5, 0.6) is 0 Å². The average Bonchev–Trinajstić information content (AvgIpc) is 2.42. The molecule has 2 rings (SSSR count). The van der Waals surface area contributed by atoms with Crippen LogP contribution in [0.25, 0.3) is 0 Å². The molecule has 0 radical (unpaired) electrons. The van der Waals surface area contributed by atoms with Gasteiger partial charge in [0.15, 0.2) is 0 Å². The largest absolute Gasteiger partial charge is 0.384 e. The number of piperidine rings is 1. The second-order valence-electron chi connectivity index (χ2n) is 5.56. The van der Waals surface area contributed by atoms with Gasteiger partial charge in [-0.2, -0.15) is 0 Å². The fraction of sp³-hybridized carbons (Fsp3) is 0.643. The number of hydrogen-bond donors (Lipinski definition) is 1. The van der Waals surface area contributed by atoms with Gasteiger partial charge in [0.25, 0.3) is 0 Å². The maximum Gasteiger partial charge on any atom is 0.208 e. The number of ether oxygens (including phenoxy) is 1. The number of nitrogens with zero attached hydrogens (tertiary/aromatic N) is 2. The number of hydrogen-bond acceptors (Lipinski definition) is 5. The number of sulfonamides is 1. The van der Waals surface area contributed by atoms with Gasteiger partial charge in [-0.15, -0.1) is 0 Å². The molecule has 0 saturated carbocycles. The lowest BCUT2D eigenvalue weighted by Gasteiger charge is -2.38. The van der Waals surface area contributed by atoms with E-state index in [4.69, 9.17) is 4.74 Å². The van der Waals surface area contributed by atoms with E-state index in [1.54, 1.807) is 13.3 Å². The lowest BCUT2D eigenvalue weighted by atomic mass is 9.93. The molecule has 21 heavy (non-hydrogen) atoms. The van der Waals surface area contributed by atoms with E-state index in [2.05, 4.69) is 14.6 Å². The van der Waals surface area contributed by atoms with Crippen molar-refractivity contribution >= 4 is 10.0 Å². The average molecular weight is 313 g/mol. The van der Waals surface area contributed by atoms with Gasteiger partial charge in [0.1, 0.15) is 0 Å². The molecule has 0 aromatic carbocycles. The minimum absolute atomic E-state index is 0.0556. The Morgan fingerprint density at radius 1 is 1.48 bits per heavy atom. The molecular formula is C14H23N3O3S. The molecule has 0 amide bonds. The van der Waals surface area contributed by atoms with Crippen molar-refractivity contribution in [2.24, 2.45) is 5.92 Å². The molecule has 2 atom stereocenters. The van der Waals surface area contributed by atoms with E-state index in [-0.39, 0.29) is 12.0 Å². The summed E-state index contributed by atoms with van der Waals surface area (Å²) in [7, 11) is -1.54. The van der Waals surface area contributed by atoms with Crippen molar-refractivity contribution in [1.29, 1.82) is 0 Å². The molecular weight excluding hydrogens is 290 g/mol. The Kier molecular flexibility index (Phi) is 5.69. The lowest BCUT2D eigenvalue weighted by Crippen LogP contribution is -2.51. The van der Waals surface area contributed by atoms with Crippen molar-refractivity contribution < 1.29 is 13.2 Å². The summed E-state index contributed by atoms with van der Waals surface area (Å²) in [4.78, 5) is 6.64. The summed E-state index contributed by atoms with van der Waals surface area (Å²) in [5.41, 5.74) is 1.03. The van der Waals surface area contributed by atoms with Crippen LogP contribution in [0.1, 0.15) is 12.1 Å². The van der Waals surface area contributed by atoms with Crippen LogP contribution in [0.2, 0.25) is 0 Å². The Labute approximate surface area is 126 Å². The van der Waals surface area contributed by atoms with Gasteiger partial charge in [-0.05, 0) is 18.6 Å². The first kappa shape index (κ1) is 16.4. The molecule has 118 valence electrons. The lowest BCUT2D eigenvalue weighted by molar-refractivity contribution is 0.0691. The summed E-state index contributed by atoms with van der Waals surface area (Å²) in [6.07, 6.45) is 3.78. The zero-order valence-electron chi connectivity index (χ0n) is 12.5. The minimum Gasteiger partial charge on any atom is -0.384 e. The SMILES string of the molecule is COCC1CN(Cc2ccccn2)CCC1NS(C)(=O)=O. The number of aromatic nitrogens is 1. The quantitative estimate of drug-likeness (QED) is 0.826. The van der Waals surface area contributed by atoms with Crippen LogP contribution in [0.3, 0.4) is 0 Å². The van der Waals surface area contributed by atoms with E-state index in [0.29, 0.717) is 6.61 Å². The Morgan fingerprint density at radius 3 is 2.90 bits per heavy atom. The van der Waals surface area contributed by atoms with Crippen LogP contribution < -0.4 is 4.72 Å². The molecule has 6 nitrogen and oxygen atoms in total. The van der Waals surface area contributed by atoms with Gasteiger partial charge in [-0.25, -0.2) is 13.1 Å². The van der Waals surface area contributed by atoms with Crippen molar-refractivity contribution in [3.05, 3.63) is 30.1 Å².